The minimum Gasteiger partial charge on any atom is -0.495 e. The summed E-state index contributed by atoms with van der Waals surface area (Å²) in [7, 11) is 1.69. The molecule has 1 saturated heterocycles. The first kappa shape index (κ1) is 25.2. The monoisotopic (exact) mass is 487 g/mol. The molecule has 0 spiro atoms. The normalized spacial score (nSPS) is 14.7. The molecule has 0 radical (unpaired) electrons. The minimum absolute atomic E-state index is 0.0904. The highest BCUT2D eigenvalue weighted by atomic mass is 16.5. The van der Waals surface area contributed by atoms with Crippen LogP contribution >= 0.6 is 0 Å². The molecule has 1 fully saturated rings. The van der Waals surface area contributed by atoms with Crippen molar-refractivity contribution >= 4 is 17.5 Å². The number of nitrogens with one attached hydrogen (secondary N) is 2. The van der Waals surface area contributed by atoms with E-state index in [1.54, 1.807) is 13.3 Å². The van der Waals surface area contributed by atoms with E-state index in [-0.39, 0.29) is 6.04 Å². The molecular weight excluding hydrogens is 454 g/mol. The van der Waals surface area contributed by atoms with Gasteiger partial charge < -0.3 is 20.3 Å². The van der Waals surface area contributed by atoms with Crippen LogP contribution in [0.3, 0.4) is 0 Å². The number of benzene rings is 2. The predicted molar refractivity (Wildman–Crippen MR) is 140 cm³/mol. The number of pyridine rings is 1. The number of rotatable bonds is 8. The van der Waals surface area contributed by atoms with Crippen LogP contribution in [-0.2, 0) is 16.1 Å². The number of carbonyl (C=O) groups excluding carboxylic acids is 2. The number of para-hydroxylation sites is 2. The van der Waals surface area contributed by atoms with Gasteiger partial charge in [-0.3, -0.25) is 19.5 Å². The molecular formula is C28H33N5O3. The van der Waals surface area contributed by atoms with Crippen LogP contribution in [0.15, 0.2) is 73.1 Å². The van der Waals surface area contributed by atoms with Crippen molar-refractivity contribution < 1.29 is 14.3 Å². The fourth-order valence-electron chi connectivity index (χ4n) is 4.43. The minimum atomic E-state index is -0.637. The van der Waals surface area contributed by atoms with E-state index in [1.165, 1.54) is 0 Å². The van der Waals surface area contributed by atoms with Gasteiger partial charge in [-0.1, -0.05) is 48.0 Å². The lowest BCUT2D eigenvalue weighted by atomic mass is 10.1. The average molecular weight is 488 g/mol. The van der Waals surface area contributed by atoms with Crippen molar-refractivity contribution in [2.75, 3.05) is 44.7 Å². The summed E-state index contributed by atoms with van der Waals surface area (Å²) < 4.78 is 5.53. The third-order valence-corrected chi connectivity index (χ3v) is 6.49. The van der Waals surface area contributed by atoms with Gasteiger partial charge in [-0.25, -0.2) is 0 Å². The lowest BCUT2D eigenvalue weighted by Crippen LogP contribution is -2.51. The van der Waals surface area contributed by atoms with Crippen molar-refractivity contribution in [2.24, 2.45) is 0 Å². The number of piperazine rings is 1. The van der Waals surface area contributed by atoms with Crippen molar-refractivity contribution in [3.05, 3.63) is 89.7 Å². The maximum Gasteiger partial charge on any atom is 0.309 e. The molecule has 2 aromatic carbocycles. The maximum absolute atomic E-state index is 12.6. The first-order valence-electron chi connectivity index (χ1n) is 12.2. The Labute approximate surface area is 212 Å². The number of carbonyl (C=O) groups is 2. The van der Waals surface area contributed by atoms with Crippen molar-refractivity contribution in [1.29, 1.82) is 0 Å². The zero-order chi connectivity index (χ0) is 25.3. The van der Waals surface area contributed by atoms with Crippen molar-refractivity contribution in [3.8, 4) is 5.75 Å². The molecule has 2 amide bonds. The van der Waals surface area contributed by atoms with Crippen LogP contribution < -0.4 is 20.3 Å². The Morgan fingerprint density at radius 3 is 2.36 bits per heavy atom. The zero-order valence-electron chi connectivity index (χ0n) is 20.8. The van der Waals surface area contributed by atoms with Crippen LogP contribution in [0.5, 0.6) is 5.75 Å². The van der Waals surface area contributed by atoms with E-state index in [0.717, 1.165) is 54.3 Å². The second-order valence-corrected chi connectivity index (χ2v) is 8.88. The van der Waals surface area contributed by atoms with Crippen LogP contribution in [0.4, 0.5) is 5.69 Å². The maximum atomic E-state index is 12.6. The highest BCUT2D eigenvalue weighted by molar-refractivity contribution is 6.35. The molecule has 3 aromatic rings. The molecule has 8 heteroatoms. The summed E-state index contributed by atoms with van der Waals surface area (Å²) in [6, 6.07) is 19.7. The number of anilines is 1. The molecule has 0 saturated carbocycles. The molecule has 1 aliphatic rings. The number of aromatic nitrogens is 1. The molecule has 1 unspecified atom stereocenters. The third kappa shape index (κ3) is 6.40. The Morgan fingerprint density at radius 1 is 0.944 bits per heavy atom. The average Bonchev–Trinajstić information content (AvgIpc) is 2.93. The van der Waals surface area contributed by atoms with Crippen molar-refractivity contribution in [1.82, 2.24) is 20.5 Å². The molecule has 1 aliphatic heterocycles. The van der Waals surface area contributed by atoms with Crippen LogP contribution in [0.1, 0.15) is 22.7 Å². The van der Waals surface area contributed by atoms with Crippen molar-refractivity contribution in [3.63, 3.8) is 0 Å². The van der Waals surface area contributed by atoms with Gasteiger partial charge in [0.25, 0.3) is 0 Å². The number of aryl methyl sites for hydroxylation is 1. The van der Waals surface area contributed by atoms with E-state index in [1.807, 2.05) is 67.7 Å². The standard InChI is InChI=1S/C28H33N5O3/c1-21-9-11-22(12-10-21)18-30-27(34)28(35)31-20-25(23-6-5-13-29-19-23)33-16-14-32(15-17-33)24-7-3-4-8-26(24)36-2/h3-13,19,25H,14-18,20H2,1-2H3,(H,30,34)(H,31,35). The molecule has 0 bridgehead atoms. The number of amides is 2. The van der Waals surface area contributed by atoms with Gasteiger partial charge in [0.1, 0.15) is 5.75 Å². The Morgan fingerprint density at radius 2 is 1.67 bits per heavy atom. The summed E-state index contributed by atoms with van der Waals surface area (Å²) in [6.45, 7) is 5.87. The van der Waals surface area contributed by atoms with E-state index in [9.17, 15) is 9.59 Å². The van der Waals surface area contributed by atoms with Gasteiger partial charge in [-0.15, -0.1) is 0 Å². The molecule has 4 rings (SSSR count). The van der Waals surface area contributed by atoms with Crippen molar-refractivity contribution in [2.45, 2.75) is 19.5 Å². The summed E-state index contributed by atoms with van der Waals surface area (Å²) in [4.78, 5) is 33.9. The second kappa shape index (κ2) is 12.2. The summed E-state index contributed by atoms with van der Waals surface area (Å²) in [6.07, 6.45) is 3.55. The van der Waals surface area contributed by atoms with Gasteiger partial charge >= 0.3 is 11.8 Å². The van der Waals surface area contributed by atoms with Gasteiger partial charge in [0, 0.05) is 51.7 Å². The summed E-state index contributed by atoms with van der Waals surface area (Å²) in [5.41, 5.74) is 4.18. The van der Waals surface area contributed by atoms with Crippen LogP contribution in [0, 0.1) is 6.92 Å². The number of methoxy groups -OCH3 is 1. The molecule has 188 valence electrons. The Hall–Kier alpha value is -3.91. The largest absolute Gasteiger partial charge is 0.495 e. The van der Waals surface area contributed by atoms with E-state index < -0.39 is 11.8 Å². The van der Waals surface area contributed by atoms with E-state index >= 15 is 0 Å². The Balaban J connectivity index is 1.36. The number of hydrogen-bond acceptors (Lipinski definition) is 6. The zero-order valence-corrected chi connectivity index (χ0v) is 20.8. The Bertz CT molecular complexity index is 1150. The fourth-order valence-corrected chi connectivity index (χ4v) is 4.43. The first-order chi connectivity index (χ1) is 17.5. The van der Waals surface area contributed by atoms with Crippen LogP contribution in [0.2, 0.25) is 0 Å². The SMILES string of the molecule is COc1ccccc1N1CCN(C(CNC(=O)C(=O)NCc2ccc(C)cc2)c2cccnc2)CC1. The van der Waals surface area contributed by atoms with Gasteiger partial charge in [-0.2, -0.15) is 0 Å². The molecule has 2 N–H and O–H groups in total. The van der Waals surface area contributed by atoms with E-state index in [4.69, 9.17) is 4.74 Å². The summed E-state index contributed by atoms with van der Waals surface area (Å²) in [5.74, 6) is -0.413. The highest BCUT2D eigenvalue weighted by Crippen LogP contribution is 2.30. The summed E-state index contributed by atoms with van der Waals surface area (Å²) in [5, 5.41) is 5.53. The lowest BCUT2D eigenvalue weighted by molar-refractivity contribution is -0.139. The van der Waals surface area contributed by atoms with Gasteiger partial charge in [0.15, 0.2) is 0 Å². The van der Waals surface area contributed by atoms with E-state index in [0.29, 0.717) is 13.1 Å². The third-order valence-electron chi connectivity index (χ3n) is 6.49. The molecule has 8 nitrogen and oxygen atoms in total. The second-order valence-electron chi connectivity index (χ2n) is 8.88. The smallest absolute Gasteiger partial charge is 0.309 e. The molecule has 1 atom stereocenters. The molecule has 0 aliphatic carbocycles. The number of hydrogen-bond donors (Lipinski definition) is 2. The summed E-state index contributed by atoms with van der Waals surface area (Å²) >= 11 is 0. The van der Waals surface area contributed by atoms with Crippen LogP contribution in [0.25, 0.3) is 0 Å². The molecule has 36 heavy (non-hydrogen) atoms. The van der Waals surface area contributed by atoms with E-state index in [2.05, 4.69) is 31.5 Å². The lowest BCUT2D eigenvalue weighted by Gasteiger charge is -2.40. The van der Waals surface area contributed by atoms with Gasteiger partial charge in [0.2, 0.25) is 0 Å². The quantitative estimate of drug-likeness (QED) is 0.475. The molecule has 2 heterocycles. The van der Waals surface area contributed by atoms with Crippen LogP contribution in [-0.4, -0.2) is 61.5 Å². The van der Waals surface area contributed by atoms with Gasteiger partial charge in [0.05, 0.1) is 18.8 Å². The predicted octanol–water partition coefficient (Wildman–Crippen LogP) is 2.69. The fraction of sp³-hybridized carbons (Fsp3) is 0.321. The first-order valence-corrected chi connectivity index (χ1v) is 12.2. The highest BCUT2D eigenvalue weighted by Gasteiger charge is 2.27. The van der Waals surface area contributed by atoms with Gasteiger partial charge in [-0.05, 0) is 36.2 Å². The topological polar surface area (TPSA) is 86.8 Å². The molecule has 1 aromatic heterocycles. The Kier molecular flexibility index (Phi) is 8.52. The number of ether oxygens (including phenoxy) is 1. The number of nitrogens with zero attached hydrogens (tertiary/aromatic N) is 3.